The second-order valence-corrected chi connectivity index (χ2v) is 4.05. The second kappa shape index (κ2) is 6.26. The first-order valence-electron chi connectivity index (χ1n) is 5.41. The van der Waals surface area contributed by atoms with E-state index in [4.69, 9.17) is 16.3 Å². The van der Waals surface area contributed by atoms with Crippen LogP contribution in [-0.2, 0) is 9.53 Å². The third kappa shape index (κ3) is 3.63. The van der Waals surface area contributed by atoms with Gasteiger partial charge in [-0.1, -0.05) is 11.6 Å². The minimum absolute atomic E-state index is 0.0126. The van der Waals surface area contributed by atoms with E-state index >= 15 is 0 Å². The number of carbonyl (C=O) groups is 2. The molecule has 0 bridgehead atoms. The van der Waals surface area contributed by atoms with Gasteiger partial charge in [0, 0.05) is 5.02 Å². The van der Waals surface area contributed by atoms with Crippen LogP contribution < -0.4 is 5.32 Å². The van der Waals surface area contributed by atoms with Crippen molar-refractivity contribution in [2.75, 3.05) is 6.61 Å². The van der Waals surface area contributed by atoms with E-state index in [-0.39, 0.29) is 17.9 Å². The maximum Gasteiger partial charge on any atom is 0.328 e. The highest BCUT2D eigenvalue weighted by molar-refractivity contribution is 6.31. The van der Waals surface area contributed by atoms with Crippen molar-refractivity contribution < 1.29 is 19.4 Å². The maximum atomic E-state index is 11.8. The summed E-state index contributed by atoms with van der Waals surface area (Å²) in [5.41, 5.74) is 0.0126. The van der Waals surface area contributed by atoms with Gasteiger partial charge in [0.05, 0.1) is 12.2 Å². The minimum atomic E-state index is -0.796. The summed E-state index contributed by atoms with van der Waals surface area (Å²) < 4.78 is 4.75. The fourth-order valence-electron chi connectivity index (χ4n) is 1.29. The molecular formula is C12H14ClNO4. The molecule has 6 heteroatoms. The van der Waals surface area contributed by atoms with E-state index in [2.05, 4.69) is 5.32 Å². The molecule has 0 aliphatic carbocycles. The van der Waals surface area contributed by atoms with Crippen LogP contribution in [0, 0.1) is 0 Å². The van der Waals surface area contributed by atoms with Crippen molar-refractivity contribution >= 4 is 23.5 Å². The molecule has 0 aliphatic heterocycles. The fraction of sp³-hybridized carbons (Fsp3) is 0.333. The number of aromatic hydroxyl groups is 1. The van der Waals surface area contributed by atoms with E-state index in [0.717, 1.165) is 0 Å². The molecule has 0 heterocycles. The standard InChI is InChI=1S/C12H14ClNO4/c1-3-18-12(17)7(2)14-11(16)9-6-8(13)4-5-10(9)15/h4-7,15H,3H2,1-2H3,(H,14,16). The van der Waals surface area contributed by atoms with E-state index < -0.39 is 17.9 Å². The third-order valence-electron chi connectivity index (χ3n) is 2.19. The topological polar surface area (TPSA) is 75.6 Å². The SMILES string of the molecule is CCOC(=O)C(C)NC(=O)c1cc(Cl)ccc1O. The minimum Gasteiger partial charge on any atom is -0.507 e. The summed E-state index contributed by atoms with van der Waals surface area (Å²) in [6.45, 7) is 3.41. The molecule has 1 aromatic rings. The lowest BCUT2D eigenvalue weighted by Crippen LogP contribution is -2.39. The lowest BCUT2D eigenvalue weighted by Gasteiger charge is -2.13. The molecule has 0 saturated carbocycles. The van der Waals surface area contributed by atoms with Gasteiger partial charge in [0.25, 0.3) is 5.91 Å². The van der Waals surface area contributed by atoms with Crippen LogP contribution in [0.4, 0.5) is 0 Å². The zero-order valence-corrected chi connectivity index (χ0v) is 10.8. The van der Waals surface area contributed by atoms with Gasteiger partial charge in [0.2, 0.25) is 0 Å². The van der Waals surface area contributed by atoms with Crippen LogP contribution >= 0.6 is 11.6 Å². The number of hydrogen-bond acceptors (Lipinski definition) is 4. The number of phenols is 1. The smallest absolute Gasteiger partial charge is 0.328 e. The summed E-state index contributed by atoms with van der Waals surface area (Å²) in [5, 5.41) is 12.3. The highest BCUT2D eigenvalue weighted by Crippen LogP contribution is 2.21. The number of phenolic OH excluding ortho intramolecular Hbond substituents is 1. The molecule has 1 aromatic carbocycles. The second-order valence-electron chi connectivity index (χ2n) is 3.61. The number of ether oxygens (including phenoxy) is 1. The van der Waals surface area contributed by atoms with Gasteiger partial charge < -0.3 is 15.2 Å². The monoisotopic (exact) mass is 271 g/mol. The van der Waals surface area contributed by atoms with Crippen molar-refractivity contribution in [1.29, 1.82) is 0 Å². The fourth-order valence-corrected chi connectivity index (χ4v) is 1.46. The van der Waals surface area contributed by atoms with Crippen LogP contribution in [-0.4, -0.2) is 29.6 Å². The van der Waals surface area contributed by atoms with Gasteiger partial charge in [0.15, 0.2) is 0 Å². The van der Waals surface area contributed by atoms with Crippen LogP contribution in [0.5, 0.6) is 5.75 Å². The van der Waals surface area contributed by atoms with Gasteiger partial charge in [-0.3, -0.25) is 4.79 Å². The van der Waals surface area contributed by atoms with Crippen LogP contribution in [0.15, 0.2) is 18.2 Å². The molecule has 5 nitrogen and oxygen atoms in total. The molecule has 0 aliphatic rings. The van der Waals surface area contributed by atoms with E-state index in [0.29, 0.717) is 5.02 Å². The molecule has 1 amide bonds. The zero-order chi connectivity index (χ0) is 13.7. The number of esters is 1. The summed E-state index contributed by atoms with van der Waals surface area (Å²) in [4.78, 5) is 23.1. The van der Waals surface area contributed by atoms with Crippen molar-refractivity contribution in [3.63, 3.8) is 0 Å². The number of nitrogens with one attached hydrogen (secondary N) is 1. The van der Waals surface area contributed by atoms with Crippen LogP contribution in [0.2, 0.25) is 5.02 Å². The molecule has 1 atom stereocenters. The Kier molecular flexibility index (Phi) is 4.97. The van der Waals surface area contributed by atoms with Crippen molar-refractivity contribution in [2.24, 2.45) is 0 Å². The quantitative estimate of drug-likeness (QED) is 0.818. The molecule has 0 radical (unpaired) electrons. The Balaban J connectivity index is 2.76. The Bertz CT molecular complexity index is 461. The van der Waals surface area contributed by atoms with Crippen LogP contribution in [0.1, 0.15) is 24.2 Å². The highest BCUT2D eigenvalue weighted by Gasteiger charge is 2.19. The molecular weight excluding hydrogens is 258 g/mol. The molecule has 18 heavy (non-hydrogen) atoms. The number of rotatable bonds is 4. The average molecular weight is 272 g/mol. The number of benzene rings is 1. The van der Waals surface area contributed by atoms with Gasteiger partial charge in [-0.2, -0.15) is 0 Å². The molecule has 1 unspecified atom stereocenters. The zero-order valence-electron chi connectivity index (χ0n) is 10.1. The lowest BCUT2D eigenvalue weighted by atomic mass is 10.1. The first kappa shape index (κ1) is 14.3. The Labute approximate surface area is 110 Å². The molecule has 0 saturated heterocycles. The Hall–Kier alpha value is -1.75. The molecule has 1 rings (SSSR count). The van der Waals surface area contributed by atoms with Gasteiger partial charge in [-0.15, -0.1) is 0 Å². The van der Waals surface area contributed by atoms with E-state index in [1.54, 1.807) is 6.92 Å². The predicted octanol–water partition coefficient (Wildman–Crippen LogP) is 1.73. The van der Waals surface area contributed by atoms with Crippen molar-refractivity contribution in [1.82, 2.24) is 5.32 Å². The Morgan fingerprint density at radius 2 is 2.17 bits per heavy atom. The van der Waals surface area contributed by atoms with E-state index in [1.807, 2.05) is 0 Å². The number of amides is 1. The lowest BCUT2D eigenvalue weighted by molar-refractivity contribution is -0.144. The number of halogens is 1. The first-order chi connectivity index (χ1) is 8.45. The summed E-state index contributed by atoms with van der Waals surface area (Å²) in [5.74, 6) is -1.32. The normalized spacial score (nSPS) is 11.7. The summed E-state index contributed by atoms with van der Waals surface area (Å²) in [7, 11) is 0. The van der Waals surface area contributed by atoms with Gasteiger partial charge in [-0.05, 0) is 32.0 Å². The molecule has 0 aromatic heterocycles. The van der Waals surface area contributed by atoms with Gasteiger partial charge in [0.1, 0.15) is 11.8 Å². The van der Waals surface area contributed by atoms with Gasteiger partial charge >= 0.3 is 5.97 Å². The van der Waals surface area contributed by atoms with Crippen molar-refractivity contribution in [3.8, 4) is 5.75 Å². The summed E-state index contributed by atoms with van der Waals surface area (Å²) in [6, 6.07) is 3.30. The molecule has 0 fully saturated rings. The molecule has 0 spiro atoms. The number of carbonyl (C=O) groups excluding carboxylic acids is 2. The maximum absolute atomic E-state index is 11.8. The van der Waals surface area contributed by atoms with Crippen molar-refractivity contribution in [2.45, 2.75) is 19.9 Å². The van der Waals surface area contributed by atoms with E-state index in [1.165, 1.54) is 25.1 Å². The number of hydrogen-bond donors (Lipinski definition) is 2. The van der Waals surface area contributed by atoms with Crippen LogP contribution in [0.3, 0.4) is 0 Å². The third-order valence-corrected chi connectivity index (χ3v) is 2.43. The Morgan fingerprint density at radius 3 is 2.78 bits per heavy atom. The summed E-state index contributed by atoms with van der Waals surface area (Å²) >= 11 is 5.73. The predicted molar refractivity (Wildman–Crippen MR) is 66.7 cm³/mol. The van der Waals surface area contributed by atoms with E-state index in [9.17, 15) is 14.7 Å². The first-order valence-corrected chi connectivity index (χ1v) is 5.79. The van der Waals surface area contributed by atoms with Gasteiger partial charge in [-0.25, -0.2) is 4.79 Å². The van der Waals surface area contributed by atoms with Crippen molar-refractivity contribution in [3.05, 3.63) is 28.8 Å². The molecule has 2 N–H and O–H groups in total. The largest absolute Gasteiger partial charge is 0.507 e. The summed E-state index contributed by atoms with van der Waals surface area (Å²) in [6.07, 6.45) is 0. The van der Waals surface area contributed by atoms with Crippen LogP contribution in [0.25, 0.3) is 0 Å². The average Bonchev–Trinajstić information content (AvgIpc) is 2.32. The molecule has 98 valence electrons. The highest BCUT2D eigenvalue weighted by atomic mass is 35.5. The Morgan fingerprint density at radius 1 is 1.50 bits per heavy atom.